The molecule has 0 spiro atoms. The van der Waals surface area contributed by atoms with E-state index >= 15 is 0 Å². The molecule has 2 aromatic rings. The topological polar surface area (TPSA) is 86.7 Å². The third-order valence-electron chi connectivity index (χ3n) is 4.32. The van der Waals surface area contributed by atoms with Crippen LogP contribution in [0.5, 0.6) is 5.75 Å². The average Bonchev–Trinajstić information content (AvgIpc) is 2.62. The number of likely N-dealkylation sites (tertiary alicyclic amines) is 1. The average molecular weight is 439 g/mol. The predicted octanol–water partition coefficient (Wildman–Crippen LogP) is 2.74. The van der Waals surface area contributed by atoms with Gasteiger partial charge in [-0.05, 0) is 55.3 Å². The summed E-state index contributed by atoms with van der Waals surface area (Å²) in [5.41, 5.74) is 0.430. The van der Waals surface area contributed by atoms with Gasteiger partial charge in [0.25, 0.3) is 5.91 Å². The van der Waals surface area contributed by atoms with Crippen molar-refractivity contribution < 1.29 is 18.3 Å². The summed E-state index contributed by atoms with van der Waals surface area (Å²) in [6.07, 6.45) is 1.08. The number of hydrogen-bond acceptors (Lipinski definition) is 4. The van der Waals surface area contributed by atoms with Crippen molar-refractivity contribution in [3.05, 3.63) is 58.6 Å². The molecule has 138 valence electrons. The lowest BCUT2D eigenvalue weighted by atomic mass is 10.0. The van der Waals surface area contributed by atoms with Crippen molar-refractivity contribution in [2.24, 2.45) is 0 Å². The molecule has 1 aliphatic rings. The lowest BCUT2D eigenvalue weighted by Crippen LogP contribution is -2.46. The van der Waals surface area contributed by atoms with Crippen molar-refractivity contribution >= 4 is 31.9 Å². The standard InChI is InChI=1S/C18H19BrN2O4S/c19-14-4-6-17(7-5-14)26(24,25)20-15-8-10-21(11-9-15)18(23)13-2-1-3-16(22)12-13/h1-7,12,15,20,22H,8-11H2. The molecule has 2 N–H and O–H groups in total. The number of carbonyl (C=O) groups is 1. The van der Waals surface area contributed by atoms with Crippen LogP contribution >= 0.6 is 15.9 Å². The van der Waals surface area contributed by atoms with Crippen LogP contribution in [0.4, 0.5) is 0 Å². The fraction of sp³-hybridized carbons (Fsp3) is 0.278. The van der Waals surface area contributed by atoms with Gasteiger partial charge in [0.1, 0.15) is 5.75 Å². The number of piperidine rings is 1. The van der Waals surface area contributed by atoms with Crippen molar-refractivity contribution in [3.63, 3.8) is 0 Å². The number of rotatable bonds is 4. The maximum atomic E-state index is 12.5. The largest absolute Gasteiger partial charge is 0.508 e. The van der Waals surface area contributed by atoms with Crippen LogP contribution in [0, 0.1) is 0 Å². The number of benzene rings is 2. The molecule has 1 fully saturated rings. The first-order valence-corrected chi connectivity index (χ1v) is 10.5. The Labute approximate surface area is 161 Å². The quantitative estimate of drug-likeness (QED) is 0.767. The van der Waals surface area contributed by atoms with E-state index in [0.717, 1.165) is 4.47 Å². The van der Waals surface area contributed by atoms with Crippen LogP contribution in [0.15, 0.2) is 57.9 Å². The van der Waals surface area contributed by atoms with Gasteiger partial charge in [-0.2, -0.15) is 0 Å². The number of phenolic OH excluding ortho intramolecular Hbond substituents is 1. The van der Waals surface area contributed by atoms with Gasteiger partial charge in [0.2, 0.25) is 10.0 Å². The molecule has 0 atom stereocenters. The van der Waals surface area contributed by atoms with E-state index in [2.05, 4.69) is 20.7 Å². The molecule has 0 saturated carbocycles. The molecule has 1 saturated heterocycles. The Balaban J connectivity index is 1.60. The van der Waals surface area contributed by atoms with Gasteiger partial charge in [0, 0.05) is 29.2 Å². The first-order chi connectivity index (χ1) is 12.3. The molecule has 26 heavy (non-hydrogen) atoms. The molecule has 1 amide bonds. The van der Waals surface area contributed by atoms with Crippen LogP contribution in [0.25, 0.3) is 0 Å². The highest BCUT2D eigenvalue weighted by Gasteiger charge is 2.27. The lowest BCUT2D eigenvalue weighted by molar-refractivity contribution is 0.0711. The summed E-state index contributed by atoms with van der Waals surface area (Å²) in [5.74, 6) is -0.108. The van der Waals surface area contributed by atoms with Crippen LogP contribution < -0.4 is 4.72 Å². The molecule has 0 bridgehead atoms. The molecule has 0 aliphatic carbocycles. The van der Waals surface area contributed by atoms with Crippen molar-refractivity contribution in [1.29, 1.82) is 0 Å². The Hall–Kier alpha value is -1.90. The second-order valence-electron chi connectivity index (χ2n) is 6.19. The molecule has 2 aromatic carbocycles. The van der Waals surface area contributed by atoms with Gasteiger partial charge in [-0.3, -0.25) is 4.79 Å². The highest BCUT2D eigenvalue weighted by atomic mass is 79.9. The molecular formula is C18H19BrN2O4S. The predicted molar refractivity (Wildman–Crippen MR) is 101 cm³/mol. The first-order valence-electron chi connectivity index (χ1n) is 8.21. The van der Waals surface area contributed by atoms with Gasteiger partial charge in [-0.25, -0.2) is 13.1 Å². The normalized spacial score (nSPS) is 15.8. The van der Waals surface area contributed by atoms with Crippen LogP contribution in [0.1, 0.15) is 23.2 Å². The number of aromatic hydroxyl groups is 1. The lowest BCUT2D eigenvalue weighted by Gasteiger charge is -2.32. The van der Waals surface area contributed by atoms with Gasteiger partial charge >= 0.3 is 0 Å². The SMILES string of the molecule is O=C(c1cccc(O)c1)N1CCC(NS(=O)(=O)c2ccc(Br)cc2)CC1. The summed E-state index contributed by atoms with van der Waals surface area (Å²) < 4.78 is 28.4. The summed E-state index contributed by atoms with van der Waals surface area (Å²) in [4.78, 5) is 14.4. The van der Waals surface area contributed by atoms with Crippen LogP contribution in [-0.4, -0.2) is 43.5 Å². The zero-order chi connectivity index (χ0) is 18.7. The summed E-state index contributed by atoms with van der Waals surface area (Å²) in [5, 5.41) is 9.50. The fourth-order valence-corrected chi connectivity index (χ4v) is 4.49. The maximum Gasteiger partial charge on any atom is 0.253 e. The number of carbonyl (C=O) groups excluding carboxylic acids is 1. The minimum Gasteiger partial charge on any atom is -0.508 e. The Morgan fingerprint density at radius 1 is 1.12 bits per heavy atom. The Morgan fingerprint density at radius 3 is 2.38 bits per heavy atom. The van der Waals surface area contributed by atoms with E-state index in [0.29, 0.717) is 31.5 Å². The van der Waals surface area contributed by atoms with Crippen molar-refractivity contribution in [1.82, 2.24) is 9.62 Å². The third-order valence-corrected chi connectivity index (χ3v) is 6.39. The van der Waals surface area contributed by atoms with E-state index in [1.165, 1.54) is 12.1 Å². The van der Waals surface area contributed by atoms with E-state index in [1.54, 1.807) is 41.3 Å². The maximum absolute atomic E-state index is 12.5. The number of phenols is 1. The minimum atomic E-state index is -3.58. The van der Waals surface area contributed by atoms with Gasteiger partial charge < -0.3 is 10.0 Å². The van der Waals surface area contributed by atoms with E-state index in [1.807, 2.05) is 0 Å². The van der Waals surface area contributed by atoms with Crippen molar-refractivity contribution in [2.75, 3.05) is 13.1 Å². The second kappa shape index (κ2) is 7.77. The summed E-state index contributed by atoms with van der Waals surface area (Å²) in [7, 11) is -3.58. The van der Waals surface area contributed by atoms with Gasteiger partial charge in [0.15, 0.2) is 0 Å². The van der Waals surface area contributed by atoms with E-state index < -0.39 is 10.0 Å². The summed E-state index contributed by atoms with van der Waals surface area (Å²) in [6.45, 7) is 0.921. The summed E-state index contributed by atoms with van der Waals surface area (Å²) in [6, 6.07) is 12.5. The minimum absolute atomic E-state index is 0.0491. The number of nitrogens with zero attached hydrogens (tertiary/aromatic N) is 1. The van der Waals surface area contributed by atoms with Gasteiger partial charge in [-0.1, -0.05) is 22.0 Å². The number of halogens is 1. The monoisotopic (exact) mass is 438 g/mol. The Kier molecular flexibility index (Phi) is 5.64. The van der Waals surface area contributed by atoms with Gasteiger partial charge in [-0.15, -0.1) is 0 Å². The van der Waals surface area contributed by atoms with E-state index in [4.69, 9.17) is 0 Å². The molecule has 8 heteroatoms. The third kappa shape index (κ3) is 4.44. The molecular weight excluding hydrogens is 420 g/mol. The summed E-state index contributed by atoms with van der Waals surface area (Å²) >= 11 is 3.29. The molecule has 0 unspecified atom stereocenters. The molecule has 0 radical (unpaired) electrons. The highest BCUT2D eigenvalue weighted by Crippen LogP contribution is 2.19. The fourth-order valence-electron chi connectivity index (χ4n) is 2.92. The van der Waals surface area contributed by atoms with Crippen molar-refractivity contribution in [3.8, 4) is 5.75 Å². The molecule has 0 aromatic heterocycles. The smallest absolute Gasteiger partial charge is 0.253 e. The second-order valence-corrected chi connectivity index (χ2v) is 8.82. The molecule has 3 rings (SSSR count). The Bertz CT molecular complexity index is 892. The number of nitrogens with one attached hydrogen (secondary N) is 1. The zero-order valence-corrected chi connectivity index (χ0v) is 16.3. The first kappa shape index (κ1) is 18.9. The number of amides is 1. The van der Waals surface area contributed by atoms with Gasteiger partial charge in [0.05, 0.1) is 4.90 Å². The molecule has 6 nitrogen and oxygen atoms in total. The zero-order valence-electron chi connectivity index (χ0n) is 13.9. The number of hydrogen-bond donors (Lipinski definition) is 2. The van der Waals surface area contributed by atoms with Crippen LogP contribution in [0.2, 0.25) is 0 Å². The van der Waals surface area contributed by atoms with Crippen LogP contribution in [0.3, 0.4) is 0 Å². The van der Waals surface area contributed by atoms with E-state index in [9.17, 15) is 18.3 Å². The Morgan fingerprint density at radius 2 is 1.77 bits per heavy atom. The van der Waals surface area contributed by atoms with E-state index in [-0.39, 0.29) is 22.6 Å². The number of sulfonamides is 1. The molecule has 1 heterocycles. The highest BCUT2D eigenvalue weighted by molar-refractivity contribution is 9.10. The van der Waals surface area contributed by atoms with Crippen LogP contribution in [-0.2, 0) is 10.0 Å². The molecule has 1 aliphatic heterocycles. The van der Waals surface area contributed by atoms with Crippen molar-refractivity contribution in [2.45, 2.75) is 23.8 Å².